The first-order chi connectivity index (χ1) is 12.5. The molecular weight excluding hydrogens is 352 g/mol. The molecule has 1 aliphatic carbocycles. The van der Waals surface area contributed by atoms with Crippen LogP contribution in [0.4, 0.5) is 11.4 Å². The Bertz CT molecular complexity index is 926. The number of fused-ring (bicyclic) bond motifs is 3. The van der Waals surface area contributed by atoms with E-state index in [0.717, 1.165) is 33.8 Å². The number of aryl methyl sites for hydroxylation is 1. The lowest BCUT2D eigenvalue weighted by Crippen LogP contribution is -2.29. The van der Waals surface area contributed by atoms with Crippen LogP contribution in [0.2, 0.25) is 5.02 Å². The van der Waals surface area contributed by atoms with Gasteiger partial charge in [0.2, 0.25) is 0 Å². The fourth-order valence-corrected chi connectivity index (χ4v) is 4.47. The maximum atomic E-state index is 11.4. The molecule has 0 fully saturated rings. The molecule has 2 aromatic carbocycles. The number of hydrogen-bond donors (Lipinski definition) is 1. The number of allylic oxidation sites excluding steroid dienone is 2. The number of hydrogen-bond acceptors (Lipinski definition) is 4. The smallest absolute Gasteiger partial charge is 0.311 e. The van der Waals surface area contributed by atoms with Crippen molar-refractivity contribution in [1.29, 1.82) is 0 Å². The van der Waals surface area contributed by atoms with Gasteiger partial charge in [-0.15, -0.1) is 0 Å². The van der Waals surface area contributed by atoms with E-state index in [1.165, 1.54) is 7.11 Å². The van der Waals surface area contributed by atoms with E-state index in [1.54, 1.807) is 12.1 Å². The molecule has 0 amide bonds. The van der Waals surface area contributed by atoms with Crippen LogP contribution in [-0.2, 0) is 0 Å². The van der Waals surface area contributed by atoms with Gasteiger partial charge in [0.05, 0.1) is 18.1 Å². The summed E-state index contributed by atoms with van der Waals surface area (Å²) in [5.41, 5.74) is 4.17. The van der Waals surface area contributed by atoms with Gasteiger partial charge < -0.3 is 10.1 Å². The van der Waals surface area contributed by atoms with Gasteiger partial charge >= 0.3 is 5.69 Å². The lowest BCUT2D eigenvalue weighted by molar-refractivity contribution is -0.385. The number of methoxy groups -OCH3 is 1. The van der Waals surface area contributed by atoms with Crippen LogP contribution in [0.15, 0.2) is 42.5 Å². The lowest BCUT2D eigenvalue weighted by atomic mass is 9.76. The Morgan fingerprint density at radius 3 is 2.85 bits per heavy atom. The Balaban J connectivity index is 1.83. The van der Waals surface area contributed by atoms with Crippen LogP contribution in [0.5, 0.6) is 5.75 Å². The summed E-state index contributed by atoms with van der Waals surface area (Å²) in [5.74, 6) is 0.759. The van der Waals surface area contributed by atoms with Gasteiger partial charge in [0.25, 0.3) is 0 Å². The molecular formula is C20H19ClN2O3. The second-order valence-electron chi connectivity index (χ2n) is 6.82. The molecule has 0 unspecified atom stereocenters. The molecule has 26 heavy (non-hydrogen) atoms. The number of ether oxygens (including phenoxy) is 1. The van der Waals surface area contributed by atoms with E-state index in [2.05, 4.69) is 24.4 Å². The third-order valence-corrected chi connectivity index (χ3v) is 5.76. The number of nitro groups is 1. The minimum atomic E-state index is -0.397. The van der Waals surface area contributed by atoms with E-state index in [9.17, 15) is 10.1 Å². The third-order valence-electron chi connectivity index (χ3n) is 5.43. The molecule has 5 nitrogen and oxygen atoms in total. The first-order valence-electron chi connectivity index (χ1n) is 8.55. The molecule has 0 saturated heterocycles. The summed E-state index contributed by atoms with van der Waals surface area (Å²) < 4.78 is 5.13. The molecule has 0 radical (unpaired) electrons. The Hall–Kier alpha value is -2.53. The average molecular weight is 371 g/mol. The first-order valence-corrected chi connectivity index (χ1v) is 8.93. The van der Waals surface area contributed by atoms with Crippen molar-refractivity contribution < 1.29 is 9.66 Å². The van der Waals surface area contributed by atoms with Crippen LogP contribution in [0.25, 0.3) is 0 Å². The summed E-state index contributed by atoms with van der Waals surface area (Å²) in [7, 11) is 1.44. The molecule has 0 spiro atoms. The second kappa shape index (κ2) is 6.32. The molecule has 3 atom stereocenters. The minimum absolute atomic E-state index is 0.0112. The van der Waals surface area contributed by atoms with E-state index in [-0.39, 0.29) is 29.3 Å². The van der Waals surface area contributed by atoms with Crippen molar-refractivity contribution in [2.75, 3.05) is 12.4 Å². The maximum absolute atomic E-state index is 11.4. The Kier molecular flexibility index (Phi) is 4.11. The van der Waals surface area contributed by atoms with Crippen LogP contribution in [0.1, 0.15) is 35.1 Å². The number of nitrogens with zero attached hydrogens (tertiary/aromatic N) is 1. The first kappa shape index (κ1) is 16.9. The van der Waals surface area contributed by atoms with Gasteiger partial charge in [-0.05, 0) is 42.5 Å². The zero-order chi connectivity index (χ0) is 18.4. The van der Waals surface area contributed by atoms with Crippen LogP contribution >= 0.6 is 11.6 Å². The fourth-order valence-electron chi connectivity index (χ4n) is 4.18. The molecule has 1 aliphatic heterocycles. The van der Waals surface area contributed by atoms with Crippen molar-refractivity contribution in [3.63, 3.8) is 0 Å². The number of rotatable bonds is 3. The van der Waals surface area contributed by atoms with Crippen molar-refractivity contribution in [2.45, 2.75) is 25.3 Å². The highest BCUT2D eigenvalue weighted by Gasteiger charge is 2.40. The summed E-state index contributed by atoms with van der Waals surface area (Å²) in [4.78, 5) is 11.0. The van der Waals surface area contributed by atoms with Gasteiger partial charge in [-0.2, -0.15) is 0 Å². The third kappa shape index (κ3) is 2.54. The van der Waals surface area contributed by atoms with Crippen molar-refractivity contribution in [2.24, 2.45) is 5.92 Å². The van der Waals surface area contributed by atoms with E-state index in [0.29, 0.717) is 0 Å². The van der Waals surface area contributed by atoms with Gasteiger partial charge in [-0.25, -0.2) is 0 Å². The summed E-state index contributed by atoms with van der Waals surface area (Å²) in [6.07, 6.45) is 5.29. The molecule has 1 heterocycles. The molecule has 2 aliphatic rings. The van der Waals surface area contributed by atoms with E-state index in [1.807, 2.05) is 18.2 Å². The zero-order valence-corrected chi connectivity index (χ0v) is 15.3. The summed E-state index contributed by atoms with van der Waals surface area (Å²) >= 11 is 6.50. The van der Waals surface area contributed by atoms with Crippen molar-refractivity contribution in [3.05, 3.63) is 74.3 Å². The number of halogens is 1. The SMILES string of the molecule is COc1ccc([C@@H]2Nc3c(C)ccc(Cl)c3[C@H]3C=CC[C@@H]32)cc1[N+](=O)[O-]. The topological polar surface area (TPSA) is 64.4 Å². The number of anilines is 1. The Morgan fingerprint density at radius 2 is 2.12 bits per heavy atom. The van der Waals surface area contributed by atoms with Gasteiger partial charge in [0.1, 0.15) is 0 Å². The fraction of sp³-hybridized carbons (Fsp3) is 0.300. The summed E-state index contributed by atoms with van der Waals surface area (Å²) in [5, 5.41) is 15.8. The predicted molar refractivity (Wildman–Crippen MR) is 102 cm³/mol. The highest BCUT2D eigenvalue weighted by atomic mass is 35.5. The Morgan fingerprint density at radius 1 is 1.31 bits per heavy atom. The van der Waals surface area contributed by atoms with Crippen molar-refractivity contribution >= 4 is 23.0 Å². The molecule has 0 aromatic heterocycles. The Labute approximate surface area is 156 Å². The van der Waals surface area contributed by atoms with Gasteiger partial charge in [0.15, 0.2) is 5.75 Å². The van der Waals surface area contributed by atoms with Crippen LogP contribution in [-0.4, -0.2) is 12.0 Å². The van der Waals surface area contributed by atoms with E-state index < -0.39 is 4.92 Å². The van der Waals surface area contributed by atoms with Crippen LogP contribution < -0.4 is 10.1 Å². The van der Waals surface area contributed by atoms with Crippen molar-refractivity contribution in [1.82, 2.24) is 0 Å². The van der Waals surface area contributed by atoms with Gasteiger partial charge in [-0.3, -0.25) is 10.1 Å². The average Bonchev–Trinajstić information content (AvgIpc) is 3.13. The monoisotopic (exact) mass is 370 g/mol. The highest BCUT2D eigenvalue weighted by molar-refractivity contribution is 6.32. The largest absolute Gasteiger partial charge is 0.490 e. The lowest BCUT2D eigenvalue weighted by Gasteiger charge is -2.38. The standard InChI is InChI=1S/C20H19ClN2O3/c1-11-6-8-15(21)18-13-4-3-5-14(13)20(22-19(11)18)12-7-9-17(26-2)16(10-12)23(24)25/h3-4,6-10,13-14,20,22H,5H2,1-2H3/t13-,14-,20-/m0/s1. The quantitative estimate of drug-likeness (QED) is 0.447. The van der Waals surface area contributed by atoms with Gasteiger partial charge in [-0.1, -0.05) is 35.9 Å². The molecule has 0 saturated carbocycles. The van der Waals surface area contributed by atoms with E-state index in [4.69, 9.17) is 16.3 Å². The number of nitro benzene ring substituents is 1. The van der Waals surface area contributed by atoms with Gasteiger partial charge in [0, 0.05) is 28.3 Å². The number of benzene rings is 2. The minimum Gasteiger partial charge on any atom is -0.490 e. The predicted octanol–water partition coefficient (Wildman–Crippen LogP) is 5.39. The molecule has 0 bridgehead atoms. The normalized spacial score (nSPS) is 23.1. The van der Waals surface area contributed by atoms with E-state index >= 15 is 0 Å². The highest BCUT2D eigenvalue weighted by Crippen LogP contribution is 2.53. The molecule has 134 valence electrons. The molecule has 1 N–H and O–H groups in total. The van der Waals surface area contributed by atoms with Crippen LogP contribution in [0, 0.1) is 23.0 Å². The van der Waals surface area contributed by atoms with Crippen LogP contribution in [0.3, 0.4) is 0 Å². The van der Waals surface area contributed by atoms with Crippen molar-refractivity contribution in [3.8, 4) is 5.75 Å². The number of nitrogens with one attached hydrogen (secondary N) is 1. The molecule has 4 rings (SSSR count). The molecule has 6 heteroatoms. The summed E-state index contributed by atoms with van der Waals surface area (Å²) in [6.45, 7) is 2.05. The zero-order valence-electron chi connectivity index (χ0n) is 14.5. The summed E-state index contributed by atoms with van der Waals surface area (Å²) in [6, 6.07) is 9.12. The maximum Gasteiger partial charge on any atom is 0.311 e. The second-order valence-corrected chi connectivity index (χ2v) is 7.22. The molecule has 2 aromatic rings.